The summed E-state index contributed by atoms with van der Waals surface area (Å²) in [6, 6.07) is 8.07. The lowest BCUT2D eigenvalue weighted by atomic mass is 10.1. The van der Waals surface area contributed by atoms with Gasteiger partial charge >= 0.3 is 0 Å². The molecule has 0 aromatic heterocycles. The molecule has 0 aliphatic carbocycles. The zero-order valence-electron chi connectivity index (χ0n) is 6.46. The molecule has 0 atom stereocenters. The predicted molar refractivity (Wildman–Crippen MR) is 47.6 cm³/mol. The van der Waals surface area contributed by atoms with Gasteiger partial charge < -0.3 is 5.73 Å². The van der Waals surface area contributed by atoms with Gasteiger partial charge in [0, 0.05) is 6.54 Å². The largest absolute Gasteiger partial charge is 0.326 e. The van der Waals surface area contributed by atoms with E-state index in [0.29, 0.717) is 13.1 Å². The van der Waals surface area contributed by atoms with Crippen LogP contribution in [0.3, 0.4) is 0 Å². The molecule has 1 aromatic carbocycles. The van der Waals surface area contributed by atoms with Gasteiger partial charge in [0.1, 0.15) is 0 Å². The van der Waals surface area contributed by atoms with Gasteiger partial charge in [-0.05, 0) is 17.8 Å². The van der Waals surface area contributed by atoms with Crippen LogP contribution >= 0.6 is 0 Å². The molecular weight excluding hydrogens is 136 g/mol. The number of nitrogens with two attached hydrogens (primary N) is 1. The van der Waals surface area contributed by atoms with Gasteiger partial charge in [0.2, 0.25) is 0 Å². The molecule has 2 heteroatoms. The number of hydrogen-bond donors (Lipinski definition) is 1. The molecule has 2 nitrogen and oxygen atoms in total. The number of aliphatic imine (C=N–C) groups is 1. The summed E-state index contributed by atoms with van der Waals surface area (Å²) in [7, 11) is 0. The van der Waals surface area contributed by atoms with Gasteiger partial charge in [-0.3, -0.25) is 4.99 Å². The maximum atomic E-state index is 5.47. The van der Waals surface area contributed by atoms with E-state index in [2.05, 4.69) is 17.8 Å². The lowest BCUT2D eigenvalue weighted by Crippen LogP contribution is -1.96. The summed E-state index contributed by atoms with van der Waals surface area (Å²) < 4.78 is 0. The first kappa shape index (κ1) is 7.95. The number of rotatable bonds is 3. The third-order valence-electron chi connectivity index (χ3n) is 1.52. The van der Waals surface area contributed by atoms with Crippen molar-refractivity contribution in [2.45, 2.75) is 13.1 Å². The molecule has 0 heterocycles. The van der Waals surface area contributed by atoms with E-state index in [4.69, 9.17) is 5.73 Å². The van der Waals surface area contributed by atoms with E-state index >= 15 is 0 Å². The van der Waals surface area contributed by atoms with Crippen molar-refractivity contribution < 1.29 is 0 Å². The van der Waals surface area contributed by atoms with Crippen molar-refractivity contribution in [2.24, 2.45) is 10.7 Å². The van der Waals surface area contributed by atoms with Gasteiger partial charge in [-0.25, -0.2) is 0 Å². The molecule has 0 saturated heterocycles. The highest BCUT2D eigenvalue weighted by atomic mass is 14.7. The molecular formula is C9H12N2. The van der Waals surface area contributed by atoms with Crippen LogP contribution < -0.4 is 5.73 Å². The molecule has 0 aliphatic rings. The monoisotopic (exact) mass is 148 g/mol. The number of nitrogens with zero attached hydrogens (tertiary/aromatic N) is 1. The summed E-state index contributed by atoms with van der Waals surface area (Å²) in [5.41, 5.74) is 7.78. The maximum absolute atomic E-state index is 5.47. The Morgan fingerprint density at radius 3 is 2.73 bits per heavy atom. The van der Waals surface area contributed by atoms with Crippen LogP contribution in [0.1, 0.15) is 11.1 Å². The lowest BCUT2D eigenvalue weighted by molar-refractivity contribution is 1.03. The second kappa shape index (κ2) is 3.88. The Bertz CT molecular complexity index is 243. The Balaban J connectivity index is 2.82. The van der Waals surface area contributed by atoms with E-state index in [-0.39, 0.29) is 0 Å². The summed E-state index contributed by atoms with van der Waals surface area (Å²) in [5, 5.41) is 0. The molecule has 1 aromatic rings. The highest BCUT2D eigenvalue weighted by molar-refractivity contribution is 5.27. The van der Waals surface area contributed by atoms with Gasteiger partial charge in [-0.1, -0.05) is 24.3 Å². The first-order valence-electron chi connectivity index (χ1n) is 3.57. The van der Waals surface area contributed by atoms with E-state index in [9.17, 15) is 0 Å². The van der Waals surface area contributed by atoms with Crippen molar-refractivity contribution in [2.75, 3.05) is 0 Å². The topological polar surface area (TPSA) is 38.4 Å². The van der Waals surface area contributed by atoms with Crippen molar-refractivity contribution in [1.82, 2.24) is 0 Å². The molecule has 0 spiro atoms. The third kappa shape index (κ3) is 2.16. The standard InChI is InChI=1S/C9H12N2/c1-11-7-9-4-2-3-8(5-9)6-10/h2-5H,1,6-7,10H2. The number of hydrogen-bond acceptors (Lipinski definition) is 2. The van der Waals surface area contributed by atoms with Crippen LogP contribution in [0, 0.1) is 0 Å². The molecule has 58 valence electrons. The molecule has 0 amide bonds. The smallest absolute Gasteiger partial charge is 0.0632 e. The summed E-state index contributed by atoms with van der Waals surface area (Å²) in [6.45, 7) is 4.69. The molecule has 1 rings (SSSR count). The average molecular weight is 148 g/mol. The fraction of sp³-hybridized carbons (Fsp3) is 0.222. The zero-order chi connectivity index (χ0) is 8.10. The van der Waals surface area contributed by atoms with Crippen molar-refractivity contribution in [3.05, 3.63) is 35.4 Å². The van der Waals surface area contributed by atoms with Crippen LogP contribution in [0.15, 0.2) is 29.3 Å². The Morgan fingerprint density at radius 2 is 2.09 bits per heavy atom. The van der Waals surface area contributed by atoms with Crippen LogP contribution in [-0.2, 0) is 13.1 Å². The maximum Gasteiger partial charge on any atom is 0.0632 e. The van der Waals surface area contributed by atoms with Crippen molar-refractivity contribution in [3.8, 4) is 0 Å². The molecule has 2 N–H and O–H groups in total. The van der Waals surface area contributed by atoms with E-state index in [1.165, 1.54) is 5.56 Å². The van der Waals surface area contributed by atoms with Crippen LogP contribution in [0.25, 0.3) is 0 Å². The lowest BCUT2D eigenvalue weighted by Gasteiger charge is -1.98. The predicted octanol–water partition coefficient (Wildman–Crippen LogP) is 1.35. The van der Waals surface area contributed by atoms with Crippen molar-refractivity contribution in [3.63, 3.8) is 0 Å². The SMILES string of the molecule is C=NCc1cccc(CN)c1. The zero-order valence-corrected chi connectivity index (χ0v) is 6.46. The van der Waals surface area contributed by atoms with E-state index in [1.807, 2.05) is 18.2 Å². The van der Waals surface area contributed by atoms with Crippen LogP contribution in [0.5, 0.6) is 0 Å². The summed E-state index contributed by atoms with van der Waals surface area (Å²) in [4.78, 5) is 3.79. The van der Waals surface area contributed by atoms with Gasteiger partial charge in [-0.2, -0.15) is 0 Å². The minimum atomic E-state index is 0.588. The quantitative estimate of drug-likeness (QED) is 0.645. The van der Waals surface area contributed by atoms with Crippen molar-refractivity contribution in [1.29, 1.82) is 0 Å². The highest BCUT2D eigenvalue weighted by Gasteiger charge is 1.91. The molecule has 0 radical (unpaired) electrons. The van der Waals surface area contributed by atoms with Gasteiger partial charge in [-0.15, -0.1) is 0 Å². The Morgan fingerprint density at radius 1 is 1.36 bits per heavy atom. The van der Waals surface area contributed by atoms with Gasteiger partial charge in [0.25, 0.3) is 0 Å². The van der Waals surface area contributed by atoms with Gasteiger partial charge in [0.05, 0.1) is 6.54 Å². The molecule has 0 bridgehead atoms. The fourth-order valence-electron chi connectivity index (χ4n) is 0.984. The van der Waals surface area contributed by atoms with Crippen LogP contribution in [0.2, 0.25) is 0 Å². The van der Waals surface area contributed by atoms with Crippen LogP contribution in [0.4, 0.5) is 0 Å². The highest BCUT2D eigenvalue weighted by Crippen LogP contribution is 2.04. The second-order valence-electron chi connectivity index (χ2n) is 2.41. The molecule has 11 heavy (non-hydrogen) atoms. The minimum Gasteiger partial charge on any atom is -0.326 e. The number of benzene rings is 1. The first-order chi connectivity index (χ1) is 5.36. The van der Waals surface area contributed by atoms with Crippen LogP contribution in [-0.4, -0.2) is 6.72 Å². The third-order valence-corrected chi connectivity index (χ3v) is 1.52. The van der Waals surface area contributed by atoms with E-state index in [1.54, 1.807) is 0 Å². The second-order valence-corrected chi connectivity index (χ2v) is 2.41. The van der Waals surface area contributed by atoms with E-state index < -0.39 is 0 Å². The molecule has 0 unspecified atom stereocenters. The summed E-state index contributed by atoms with van der Waals surface area (Å²) in [6.07, 6.45) is 0. The molecule has 0 saturated carbocycles. The first-order valence-corrected chi connectivity index (χ1v) is 3.57. The minimum absolute atomic E-state index is 0.588. The average Bonchev–Trinajstić information content (AvgIpc) is 2.06. The Labute approximate surface area is 66.8 Å². The molecule has 0 aliphatic heterocycles. The fourth-order valence-corrected chi connectivity index (χ4v) is 0.984. The Hall–Kier alpha value is -1.15. The van der Waals surface area contributed by atoms with Crippen molar-refractivity contribution >= 4 is 6.72 Å². The Kier molecular flexibility index (Phi) is 2.81. The van der Waals surface area contributed by atoms with Gasteiger partial charge in [0.15, 0.2) is 0 Å². The summed E-state index contributed by atoms with van der Waals surface area (Å²) in [5.74, 6) is 0. The molecule has 0 fully saturated rings. The normalized spacial score (nSPS) is 9.55. The van der Waals surface area contributed by atoms with E-state index in [0.717, 1.165) is 5.56 Å². The summed E-state index contributed by atoms with van der Waals surface area (Å²) >= 11 is 0.